The van der Waals surface area contributed by atoms with Crippen LogP contribution in [0.1, 0.15) is 39.2 Å². The number of carbonyl (C=O) groups excluding carboxylic acids is 5. The van der Waals surface area contributed by atoms with Gasteiger partial charge in [-0.25, -0.2) is 5.48 Å². The third-order valence-corrected chi connectivity index (χ3v) is 6.90. The molecule has 1 heterocycles. The van der Waals surface area contributed by atoms with Crippen LogP contribution < -0.4 is 31.5 Å². The lowest BCUT2D eigenvalue weighted by molar-refractivity contribution is -0.203. The second kappa shape index (κ2) is 17.5. The Kier molecular flexibility index (Phi) is 14.4. The largest absolute Gasteiger partial charge is 0.484 e. The van der Waals surface area contributed by atoms with E-state index in [1.807, 2.05) is 13.8 Å². The summed E-state index contributed by atoms with van der Waals surface area (Å²) in [5, 5.41) is 48.8. The number of nitrogens with one attached hydrogen (secondary N) is 5. The quantitative estimate of drug-likeness (QED) is 0.0726. The van der Waals surface area contributed by atoms with E-state index >= 15 is 0 Å². The molecule has 5 amide bonds. The topological polar surface area (TPSA) is 245 Å². The Balaban J connectivity index is 2.01. The Hall–Kier alpha value is -3.83. The van der Waals surface area contributed by atoms with Crippen LogP contribution in [0, 0.1) is 11.8 Å². The molecule has 0 bridgehead atoms. The van der Waals surface area contributed by atoms with Crippen molar-refractivity contribution < 1.29 is 54.0 Å². The molecule has 0 spiro atoms. The van der Waals surface area contributed by atoms with Crippen molar-refractivity contribution in [1.29, 1.82) is 0 Å². The molecule has 0 radical (unpaired) electrons. The van der Waals surface area contributed by atoms with E-state index < -0.39 is 85.3 Å². The Labute approximate surface area is 254 Å². The molecule has 1 aromatic carbocycles. The van der Waals surface area contributed by atoms with Crippen molar-refractivity contribution in [3.8, 4) is 5.75 Å². The van der Waals surface area contributed by atoms with Gasteiger partial charge in [-0.1, -0.05) is 26.0 Å². The minimum atomic E-state index is -1.52. The monoisotopic (exact) mass is 625 g/mol. The number of ether oxygens (including phenoxy) is 2. The third kappa shape index (κ3) is 11.0. The summed E-state index contributed by atoms with van der Waals surface area (Å²) in [5.74, 6) is -3.26. The smallest absolute Gasteiger partial charge is 0.259 e. The van der Waals surface area contributed by atoms with Gasteiger partial charge in [0.1, 0.15) is 36.1 Å². The highest BCUT2D eigenvalue weighted by molar-refractivity contribution is 5.90. The molecular weight excluding hydrogens is 582 g/mol. The number of aliphatic hydroxyl groups is 3. The van der Waals surface area contributed by atoms with Gasteiger partial charge in [0.05, 0.1) is 6.61 Å². The fraction of sp³-hybridized carbons (Fsp3) is 0.607. The first kappa shape index (κ1) is 36.4. The van der Waals surface area contributed by atoms with Gasteiger partial charge in [0.25, 0.3) is 5.91 Å². The molecule has 2 rings (SSSR count). The number of hydroxylamine groups is 1. The molecule has 7 atom stereocenters. The van der Waals surface area contributed by atoms with Crippen molar-refractivity contribution in [2.24, 2.45) is 11.8 Å². The molecule has 1 fully saturated rings. The fourth-order valence-corrected chi connectivity index (χ4v) is 4.74. The van der Waals surface area contributed by atoms with Crippen LogP contribution in [-0.2, 0) is 35.1 Å². The summed E-state index contributed by atoms with van der Waals surface area (Å²) < 4.78 is 11.0. The molecule has 9 N–H and O–H groups in total. The standard InChI is InChI=1S/C28H43N5O11/c1-14(2)9-17(11-21(36)33-42)26(40)31-19(27(41)29-4)10-16-5-7-18(8-6-16)43-13-22(37)32-28-23(30-15(3)35)25(39)24(38)20(12-34)44-28/h5-8,14,17,19-20,23-25,28,34,38-39,42H,9-13H2,1-4H3,(H,29,41)(H,30,35)(H,31,40)(H,32,37)(H,33,36)/t17-,19+,20-,23-,24-,25-,28-/m1/s1. The molecule has 16 heteroatoms. The minimum absolute atomic E-state index is 0.0797. The van der Waals surface area contributed by atoms with Gasteiger partial charge in [0.15, 0.2) is 12.8 Å². The van der Waals surface area contributed by atoms with E-state index in [2.05, 4.69) is 21.3 Å². The Morgan fingerprint density at radius 3 is 2.18 bits per heavy atom. The molecule has 0 aliphatic carbocycles. The van der Waals surface area contributed by atoms with E-state index in [0.717, 1.165) is 0 Å². The molecule has 0 unspecified atom stereocenters. The average Bonchev–Trinajstić information content (AvgIpc) is 2.98. The number of hydrogen-bond acceptors (Lipinski definition) is 11. The van der Waals surface area contributed by atoms with Gasteiger partial charge in [-0.3, -0.25) is 29.2 Å². The first-order chi connectivity index (χ1) is 20.8. The van der Waals surface area contributed by atoms with Gasteiger partial charge in [-0.05, 0) is 30.0 Å². The van der Waals surface area contributed by atoms with E-state index in [-0.39, 0.29) is 18.8 Å². The lowest BCUT2D eigenvalue weighted by Gasteiger charge is -2.42. The van der Waals surface area contributed by atoms with Crippen molar-refractivity contribution in [3.63, 3.8) is 0 Å². The van der Waals surface area contributed by atoms with E-state index in [1.165, 1.54) is 19.5 Å². The van der Waals surface area contributed by atoms with Gasteiger partial charge in [-0.15, -0.1) is 0 Å². The summed E-state index contributed by atoms with van der Waals surface area (Å²) >= 11 is 0. The molecule has 246 valence electrons. The number of rotatable bonds is 15. The van der Waals surface area contributed by atoms with E-state index in [0.29, 0.717) is 17.7 Å². The summed E-state index contributed by atoms with van der Waals surface area (Å²) in [6, 6.07) is 4.24. The second-order valence-electron chi connectivity index (χ2n) is 10.9. The zero-order valence-electron chi connectivity index (χ0n) is 25.1. The van der Waals surface area contributed by atoms with Gasteiger partial charge in [0.2, 0.25) is 23.6 Å². The predicted molar refractivity (Wildman–Crippen MR) is 153 cm³/mol. The number of benzene rings is 1. The van der Waals surface area contributed by atoms with Crippen molar-refractivity contribution >= 4 is 29.5 Å². The average molecular weight is 626 g/mol. The zero-order valence-corrected chi connectivity index (χ0v) is 25.1. The Morgan fingerprint density at radius 1 is 0.977 bits per heavy atom. The summed E-state index contributed by atoms with van der Waals surface area (Å²) in [7, 11) is 1.43. The molecule has 0 aromatic heterocycles. The molecule has 16 nitrogen and oxygen atoms in total. The number of amides is 5. The molecule has 44 heavy (non-hydrogen) atoms. The molecule has 1 aliphatic heterocycles. The highest BCUT2D eigenvalue weighted by Crippen LogP contribution is 2.21. The molecule has 1 aliphatic rings. The first-order valence-electron chi connectivity index (χ1n) is 14.1. The summed E-state index contributed by atoms with van der Waals surface area (Å²) in [5.41, 5.74) is 2.18. The van der Waals surface area contributed by atoms with Crippen molar-refractivity contribution in [1.82, 2.24) is 26.7 Å². The zero-order chi connectivity index (χ0) is 33.0. The van der Waals surface area contributed by atoms with Crippen LogP contribution in [-0.4, -0.2) is 107 Å². The highest BCUT2D eigenvalue weighted by Gasteiger charge is 2.45. The van der Waals surface area contributed by atoms with Gasteiger partial charge in [-0.2, -0.15) is 0 Å². The molecule has 1 saturated heterocycles. The fourth-order valence-electron chi connectivity index (χ4n) is 4.74. The van der Waals surface area contributed by atoms with Crippen LogP contribution in [0.3, 0.4) is 0 Å². The molecule has 1 aromatic rings. The normalized spacial score (nSPS) is 22.7. The number of likely N-dealkylation sites (N-methyl/N-ethyl adjacent to an activating group) is 1. The van der Waals surface area contributed by atoms with Crippen molar-refractivity contribution in [3.05, 3.63) is 29.8 Å². The lowest BCUT2D eigenvalue weighted by atomic mass is 9.92. The highest BCUT2D eigenvalue weighted by atomic mass is 16.5. The SMILES string of the molecule is CNC(=O)[C@H](Cc1ccc(OCC(=O)N[C@@H]2O[C@H](CO)[C@@H](O)[C@H](O)[C@H]2NC(C)=O)cc1)NC(=O)[C@@H](CC(=O)NO)CC(C)C. The molecular formula is C28H43N5O11. The first-order valence-corrected chi connectivity index (χ1v) is 14.1. The summed E-state index contributed by atoms with van der Waals surface area (Å²) in [4.78, 5) is 61.3. The summed E-state index contributed by atoms with van der Waals surface area (Å²) in [6.07, 6.45) is -5.24. The van der Waals surface area contributed by atoms with E-state index in [4.69, 9.17) is 14.7 Å². The maximum atomic E-state index is 13.0. The minimum Gasteiger partial charge on any atom is -0.484 e. The van der Waals surface area contributed by atoms with E-state index in [9.17, 15) is 39.3 Å². The van der Waals surface area contributed by atoms with Gasteiger partial charge in [0, 0.05) is 32.7 Å². The van der Waals surface area contributed by atoms with Gasteiger partial charge < -0.3 is 46.1 Å². The van der Waals surface area contributed by atoms with E-state index in [1.54, 1.807) is 24.3 Å². The maximum Gasteiger partial charge on any atom is 0.259 e. The third-order valence-electron chi connectivity index (χ3n) is 6.90. The van der Waals surface area contributed by atoms with Crippen LogP contribution in [0.4, 0.5) is 0 Å². The van der Waals surface area contributed by atoms with Crippen LogP contribution in [0.2, 0.25) is 0 Å². The number of carbonyl (C=O) groups is 5. The lowest BCUT2D eigenvalue weighted by Crippen LogP contribution is -2.68. The Bertz CT molecular complexity index is 1130. The Morgan fingerprint density at radius 2 is 1.64 bits per heavy atom. The maximum absolute atomic E-state index is 13.0. The van der Waals surface area contributed by atoms with Crippen LogP contribution in [0.15, 0.2) is 24.3 Å². The number of hydrogen-bond donors (Lipinski definition) is 9. The molecule has 0 saturated carbocycles. The van der Waals surface area contributed by atoms with Crippen LogP contribution >= 0.6 is 0 Å². The van der Waals surface area contributed by atoms with Crippen LogP contribution in [0.25, 0.3) is 0 Å². The number of aliphatic hydroxyl groups excluding tert-OH is 3. The van der Waals surface area contributed by atoms with Crippen molar-refractivity contribution in [2.75, 3.05) is 20.3 Å². The van der Waals surface area contributed by atoms with Gasteiger partial charge >= 0.3 is 0 Å². The predicted octanol–water partition coefficient (Wildman–Crippen LogP) is -2.54. The second-order valence-corrected chi connectivity index (χ2v) is 10.9. The van der Waals surface area contributed by atoms with Crippen LogP contribution in [0.5, 0.6) is 5.75 Å². The van der Waals surface area contributed by atoms with Crippen molar-refractivity contribution in [2.45, 2.75) is 76.7 Å². The summed E-state index contributed by atoms with van der Waals surface area (Å²) in [6.45, 7) is 3.84.